The van der Waals surface area contributed by atoms with Crippen LogP contribution in [0, 0.1) is 6.92 Å². The van der Waals surface area contributed by atoms with Crippen molar-refractivity contribution in [3.8, 4) is 11.5 Å². The van der Waals surface area contributed by atoms with Crippen LogP contribution in [0.3, 0.4) is 0 Å². The van der Waals surface area contributed by atoms with Gasteiger partial charge in [0.15, 0.2) is 11.5 Å². The first kappa shape index (κ1) is 16.3. The summed E-state index contributed by atoms with van der Waals surface area (Å²) < 4.78 is 10.5. The zero-order valence-corrected chi connectivity index (χ0v) is 14.0. The van der Waals surface area contributed by atoms with Gasteiger partial charge in [-0.25, -0.2) is 9.78 Å². The molecule has 3 rings (SSSR count). The Bertz CT molecular complexity index is 802. The number of aryl methyl sites for hydroxylation is 1. The van der Waals surface area contributed by atoms with Gasteiger partial charge in [0.05, 0.1) is 18.2 Å². The molecule has 0 saturated heterocycles. The summed E-state index contributed by atoms with van der Waals surface area (Å²) in [6, 6.07) is 5.01. The highest BCUT2D eigenvalue weighted by molar-refractivity contribution is 7.13. The number of amides is 1. The number of hydrogen-bond acceptors (Lipinski definition) is 6. The highest BCUT2D eigenvalue weighted by atomic mass is 32.1. The molecular formula is C16H16N2O5S. The number of nitrogens with one attached hydrogen (secondary N) is 1. The summed E-state index contributed by atoms with van der Waals surface area (Å²) in [6.07, 6.45) is 0.192. The van der Waals surface area contributed by atoms with E-state index < -0.39 is 5.97 Å². The van der Waals surface area contributed by atoms with Gasteiger partial charge in [-0.2, -0.15) is 0 Å². The molecule has 1 aliphatic heterocycles. The van der Waals surface area contributed by atoms with Gasteiger partial charge in [0.1, 0.15) is 9.88 Å². The minimum atomic E-state index is -1.00. The van der Waals surface area contributed by atoms with Gasteiger partial charge in [0.2, 0.25) is 12.7 Å². The molecule has 7 nitrogen and oxygen atoms in total. The van der Waals surface area contributed by atoms with Gasteiger partial charge < -0.3 is 19.9 Å². The summed E-state index contributed by atoms with van der Waals surface area (Å²) in [7, 11) is 0. The van der Waals surface area contributed by atoms with Crippen molar-refractivity contribution in [2.75, 3.05) is 6.79 Å². The van der Waals surface area contributed by atoms with E-state index in [1.165, 1.54) is 0 Å². The highest BCUT2D eigenvalue weighted by Crippen LogP contribution is 2.32. The van der Waals surface area contributed by atoms with E-state index in [0.29, 0.717) is 22.2 Å². The third-order valence-electron chi connectivity index (χ3n) is 3.56. The topological polar surface area (TPSA) is 97.8 Å². The lowest BCUT2D eigenvalue weighted by Crippen LogP contribution is -2.28. The summed E-state index contributed by atoms with van der Waals surface area (Å²) >= 11 is 1.08. The average Bonchev–Trinajstić information content (AvgIpc) is 3.12. The molecule has 1 atom stereocenters. The summed E-state index contributed by atoms with van der Waals surface area (Å²) in [5.41, 5.74) is 1.27. The van der Waals surface area contributed by atoms with Crippen LogP contribution in [0.1, 0.15) is 38.9 Å². The lowest BCUT2D eigenvalue weighted by atomic mass is 10.1. The van der Waals surface area contributed by atoms with Crippen LogP contribution in [-0.4, -0.2) is 28.8 Å². The number of thiazole rings is 1. The fourth-order valence-electron chi connectivity index (χ4n) is 2.39. The molecule has 2 N–H and O–H groups in total. The second-order valence-corrected chi connectivity index (χ2v) is 6.46. The number of carboxylic acids is 1. The van der Waals surface area contributed by atoms with Crippen LogP contribution in [0.4, 0.5) is 0 Å². The molecular weight excluding hydrogens is 332 g/mol. The lowest BCUT2D eigenvalue weighted by molar-refractivity contribution is -0.121. The molecule has 1 aromatic heterocycles. The molecule has 2 aromatic rings. The second-order valence-electron chi connectivity index (χ2n) is 5.43. The number of nitrogens with zero attached hydrogens (tertiary/aromatic N) is 1. The van der Waals surface area contributed by atoms with Crippen molar-refractivity contribution >= 4 is 23.2 Å². The molecule has 0 saturated carbocycles. The zero-order chi connectivity index (χ0) is 17.3. The largest absolute Gasteiger partial charge is 0.477 e. The van der Waals surface area contributed by atoms with E-state index >= 15 is 0 Å². The van der Waals surface area contributed by atoms with Crippen molar-refractivity contribution in [2.45, 2.75) is 26.3 Å². The molecule has 0 radical (unpaired) electrons. The van der Waals surface area contributed by atoms with Crippen molar-refractivity contribution < 1.29 is 24.2 Å². The maximum Gasteiger partial charge on any atom is 0.347 e. The number of rotatable bonds is 5. The number of hydrogen-bond donors (Lipinski definition) is 2. The van der Waals surface area contributed by atoms with Crippen molar-refractivity contribution in [1.82, 2.24) is 10.3 Å². The number of fused-ring (bicyclic) bond motifs is 1. The molecule has 1 aliphatic rings. The monoisotopic (exact) mass is 348 g/mol. The van der Waals surface area contributed by atoms with E-state index in [-0.39, 0.29) is 30.0 Å². The summed E-state index contributed by atoms with van der Waals surface area (Å²) in [6.45, 7) is 3.61. The van der Waals surface area contributed by atoms with Crippen LogP contribution in [0.25, 0.3) is 0 Å². The Balaban J connectivity index is 1.64. The lowest BCUT2D eigenvalue weighted by Gasteiger charge is -2.11. The highest BCUT2D eigenvalue weighted by Gasteiger charge is 2.20. The van der Waals surface area contributed by atoms with Crippen molar-refractivity contribution in [3.63, 3.8) is 0 Å². The summed E-state index contributed by atoms with van der Waals surface area (Å²) in [5.74, 6) is 0.128. The number of aromatic carboxylic acids is 1. The molecule has 1 unspecified atom stereocenters. The Morgan fingerprint density at radius 1 is 1.38 bits per heavy atom. The molecule has 1 amide bonds. The van der Waals surface area contributed by atoms with E-state index in [0.717, 1.165) is 16.9 Å². The quantitative estimate of drug-likeness (QED) is 0.860. The second kappa shape index (κ2) is 6.48. The standard InChI is InChI=1S/C16H16N2O5S/c1-8-14(16(20)21)24-15(18-8)9(2)17-13(19)6-10-3-4-11-12(5-10)23-7-22-11/h3-5,9H,6-7H2,1-2H3,(H,17,19)(H,20,21). The van der Waals surface area contributed by atoms with E-state index in [4.69, 9.17) is 14.6 Å². The van der Waals surface area contributed by atoms with Crippen LogP contribution in [-0.2, 0) is 11.2 Å². The van der Waals surface area contributed by atoms with Crippen LogP contribution in [0.5, 0.6) is 11.5 Å². The minimum Gasteiger partial charge on any atom is -0.477 e. The number of carbonyl (C=O) groups is 2. The molecule has 2 heterocycles. The number of benzene rings is 1. The Morgan fingerprint density at radius 3 is 2.83 bits per heavy atom. The minimum absolute atomic E-state index is 0.175. The Hall–Kier alpha value is -2.61. The molecule has 0 fully saturated rings. The first-order valence-corrected chi connectivity index (χ1v) is 8.14. The average molecular weight is 348 g/mol. The smallest absolute Gasteiger partial charge is 0.347 e. The van der Waals surface area contributed by atoms with E-state index in [2.05, 4.69) is 10.3 Å². The fraction of sp³-hybridized carbons (Fsp3) is 0.312. The van der Waals surface area contributed by atoms with Crippen LogP contribution < -0.4 is 14.8 Å². The van der Waals surface area contributed by atoms with Crippen molar-refractivity contribution in [2.24, 2.45) is 0 Å². The Labute approximate surface area is 142 Å². The first-order chi connectivity index (χ1) is 11.4. The Kier molecular flexibility index (Phi) is 4.39. The normalized spacial score (nSPS) is 13.6. The van der Waals surface area contributed by atoms with E-state index in [1.807, 2.05) is 6.07 Å². The number of carbonyl (C=O) groups excluding carboxylic acids is 1. The maximum absolute atomic E-state index is 12.2. The van der Waals surface area contributed by atoms with Crippen LogP contribution >= 0.6 is 11.3 Å². The Morgan fingerprint density at radius 2 is 2.12 bits per heavy atom. The van der Waals surface area contributed by atoms with Crippen molar-refractivity contribution in [1.29, 1.82) is 0 Å². The van der Waals surface area contributed by atoms with Crippen LogP contribution in [0.15, 0.2) is 18.2 Å². The third kappa shape index (κ3) is 3.33. The van der Waals surface area contributed by atoms with Crippen molar-refractivity contribution in [3.05, 3.63) is 39.3 Å². The van der Waals surface area contributed by atoms with Crippen LogP contribution in [0.2, 0.25) is 0 Å². The number of carboxylic acid groups (broad SMARTS) is 1. The van der Waals surface area contributed by atoms with Gasteiger partial charge in [-0.3, -0.25) is 4.79 Å². The predicted molar refractivity (Wildman–Crippen MR) is 86.6 cm³/mol. The molecule has 0 spiro atoms. The maximum atomic E-state index is 12.2. The van der Waals surface area contributed by atoms with Gasteiger partial charge in [-0.1, -0.05) is 6.07 Å². The molecule has 0 aliphatic carbocycles. The summed E-state index contributed by atoms with van der Waals surface area (Å²) in [5, 5.41) is 12.5. The fourth-order valence-corrected chi connectivity index (χ4v) is 3.30. The predicted octanol–water partition coefficient (Wildman–Crippen LogP) is 2.30. The zero-order valence-electron chi connectivity index (χ0n) is 13.2. The van der Waals surface area contributed by atoms with Gasteiger partial charge in [0.25, 0.3) is 0 Å². The number of aromatic nitrogens is 1. The molecule has 0 bridgehead atoms. The SMILES string of the molecule is Cc1nc(C(C)NC(=O)Cc2ccc3c(c2)OCO3)sc1C(=O)O. The van der Waals surface area contributed by atoms with Gasteiger partial charge >= 0.3 is 5.97 Å². The molecule has 1 aromatic carbocycles. The molecule has 8 heteroatoms. The molecule has 24 heavy (non-hydrogen) atoms. The summed E-state index contributed by atoms with van der Waals surface area (Å²) in [4.78, 5) is 27.7. The van der Waals surface area contributed by atoms with E-state index in [1.54, 1.807) is 26.0 Å². The first-order valence-electron chi connectivity index (χ1n) is 7.32. The third-order valence-corrected chi connectivity index (χ3v) is 4.89. The van der Waals surface area contributed by atoms with Gasteiger partial charge in [-0.15, -0.1) is 11.3 Å². The number of ether oxygens (including phenoxy) is 2. The van der Waals surface area contributed by atoms with E-state index in [9.17, 15) is 9.59 Å². The molecule has 126 valence electrons. The van der Waals surface area contributed by atoms with Gasteiger partial charge in [-0.05, 0) is 31.5 Å². The van der Waals surface area contributed by atoms with Gasteiger partial charge in [0, 0.05) is 0 Å².